The number of ether oxygens (including phenoxy) is 1. The molecule has 7 nitrogen and oxygen atoms in total. The van der Waals surface area contributed by atoms with E-state index in [1.807, 2.05) is 30.3 Å². The number of carboxylic acid groups (broad SMARTS) is 1. The minimum Gasteiger partial charge on any atom is -0.495 e. The summed E-state index contributed by atoms with van der Waals surface area (Å²) in [6.45, 7) is 0. The van der Waals surface area contributed by atoms with Crippen molar-refractivity contribution in [1.29, 1.82) is 0 Å². The largest absolute Gasteiger partial charge is 0.495 e. The molecule has 7 heteroatoms. The van der Waals surface area contributed by atoms with Crippen LogP contribution in [0.15, 0.2) is 96.7 Å². The third-order valence-electron chi connectivity index (χ3n) is 4.57. The zero-order valence-electron chi connectivity index (χ0n) is 17.8. The van der Waals surface area contributed by atoms with Crippen LogP contribution in [0.25, 0.3) is 6.08 Å². The lowest BCUT2D eigenvalue weighted by atomic mass is 10.1. The van der Waals surface area contributed by atoms with E-state index in [1.165, 1.54) is 31.4 Å². The Balaban J connectivity index is 1.89. The van der Waals surface area contributed by atoms with Crippen LogP contribution in [0.4, 0.5) is 5.69 Å². The van der Waals surface area contributed by atoms with Crippen LogP contribution in [0.2, 0.25) is 0 Å². The lowest BCUT2D eigenvalue weighted by Gasteiger charge is -2.13. The van der Waals surface area contributed by atoms with Gasteiger partial charge in [-0.1, -0.05) is 60.7 Å². The summed E-state index contributed by atoms with van der Waals surface area (Å²) >= 11 is 0. The van der Waals surface area contributed by atoms with E-state index in [1.54, 1.807) is 42.5 Å². The van der Waals surface area contributed by atoms with Gasteiger partial charge in [-0.25, -0.2) is 4.79 Å². The van der Waals surface area contributed by atoms with Crippen LogP contribution in [-0.2, 0) is 4.79 Å². The Hall–Kier alpha value is -4.65. The molecule has 0 aliphatic rings. The average Bonchev–Trinajstić information content (AvgIpc) is 2.84. The molecule has 0 radical (unpaired) electrons. The zero-order chi connectivity index (χ0) is 23.6. The van der Waals surface area contributed by atoms with Gasteiger partial charge in [-0.05, 0) is 42.0 Å². The lowest BCUT2D eigenvalue weighted by Crippen LogP contribution is -2.30. The van der Waals surface area contributed by atoms with Crippen molar-refractivity contribution in [2.75, 3.05) is 12.4 Å². The normalized spacial score (nSPS) is 11.1. The molecule has 0 fully saturated rings. The van der Waals surface area contributed by atoms with Crippen LogP contribution in [0.3, 0.4) is 0 Å². The summed E-state index contributed by atoms with van der Waals surface area (Å²) in [7, 11) is 1.40. The molecule has 3 aromatic rings. The SMILES string of the molecule is COc1ccc(C(=O)O)cc1NC(=O)/C(=C/C=C/c1ccccc1)NC(=O)c1ccccc1. The van der Waals surface area contributed by atoms with E-state index in [0.717, 1.165) is 5.56 Å². The molecule has 0 aromatic heterocycles. The lowest BCUT2D eigenvalue weighted by molar-refractivity contribution is -0.113. The number of nitrogens with one attached hydrogen (secondary N) is 2. The monoisotopic (exact) mass is 442 g/mol. The summed E-state index contributed by atoms with van der Waals surface area (Å²) in [5, 5.41) is 14.5. The van der Waals surface area contributed by atoms with Crippen LogP contribution in [0, 0.1) is 0 Å². The quantitative estimate of drug-likeness (QED) is 0.355. The fraction of sp³-hybridized carbons (Fsp3) is 0.0385. The molecule has 166 valence electrons. The summed E-state index contributed by atoms with van der Waals surface area (Å²) in [6, 6.07) is 22.0. The van der Waals surface area contributed by atoms with E-state index >= 15 is 0 Å². The van der Waals surface area contributed by atoms with E-state index < -0.39 is 17.8 Å². The van der Waals surface area contributed by atoms with Gasteiger partial charge in [0.2, 0.25) is 0 Å². The molecule has 2 amide bonds. The number of hydrogen-bond donors (Lipinski definition) is 3. The number of carbonyl (C=O) groups excluding carboxylic acids is 2. The molecule has 0 saturated carbocycles. The second-order valence-corrected chi connectivity index (χ2v) is 6.84. The number of hydrogen-bond acceptors (Lipinski definition) is 4. The highest BCUT2D eigenvalue weighted by atomic mass is 16.5. The Morgan fingerprint density at radius 3 is 2.18 bits per heavy atom. The van der Waals surface area contributed by atoms with Gasteiger partial charge in [0.15, 0.2) is 0 Å². The number of aromatic carboxylic acids is 1. The predicted octanol–water partition coefficient (Wildman–Crippen LogP) is 4.36. The van der Waals surface area contributed by atoms with Crippen molar-refractivity contribution < 1.29 is 24.2 Å². The van der Waals surface area contributed by atoms with Crippen LogP contribution >= 0.6 is 0 Å². The number of rotatable bonds is 8. The van der Waals surface area contributed by atoms with E-state index in [0.29, 0.717) is 5.56 Å². The molecule has 0 heterocycles. The van der Waals surface area contributed by atoms with E-state index in [2.05, 4.69) is 10.6 Å². The number of methoxy groups -OCH3 is 1. The van der Waals surface area contributed by atoms with Gasteiger partial charge in [0.05, 0.1) is 18.4 Å². The molecular weight excluding hydrogens is 420 g/mol. The van der Waals surface area contributed by atoms with Crippen LogP contribution in [-0.4, -0.2) is 30.0 Å². The van der Waals surface area contributed by atoms with Crippen molar-refractivity contribution in [1.82, 2.24) is 5.32 Å². The van der Waals surface area contributed by atoms with Crippen molar-refractivity contribution in [2.24, 2.45) is 0 Å². The number of benzene rings is 3. The molecule has 3 aromatic carbocycles. The van der Waals surface area contributed by atoms with E-state index in [9.17, 15) is 19.5 Å². The van der Waals surface area contributed by atoms with Crippen molar-refractivity contribution in [3.63, 3.8) is 0 Å². The van der Waals surface area contributed by atoms with Gasteiger partial charge in [-0.2, -0.15) is 0 Å². The Kier molecular flexibility index (Phi) is 7.75. The van der Waals surface area contributed by atoms with Gasteiger partial charge in [0, 0.05) is 5.56 Å². The predicted molar refractivity (Wildman–Crippen MR) is 126 cm³/mol. The fourth-order valence-electron chi connectivity index (χ4n) is 2.91. The van der Waals surface area contributed by atoms with Gasteiger partial charge < -0.3 is 20.5 Å². The van der Waals surface area contributed by atoms with Crippen LogP contribution in [0.1, 0.15) is 26.3 Å². The second-order valence-electron chi connectivity index (χ2n) is 6.84. The molecule has 0 unspecified atom stereocenters. The molecule has 33 heavy (non-hydrogen) atoms. The highest BCUT2D eigenvalue weighted by molar-refractivity contribution is 6.09. The summed E-state index contributed by atoms with van der Waals surface area (Å²) in [6.07, 6.45) is 4.89. The topological polar surface area (TPSA) is 105 Å². The Bertz CT molecular complexity index is 1200. The molecule has 0 aliphatic carbocycles. The Morgan fingerprint density at radius 2 is 1.55 bits per heavy atom. The van der Waals surface area contributed by atoms with Crippen molar-refractivity contribution in [2.45, 2.75) is 0 Å². The van der Waals surface area contributed by atoms with Crippen molar-refractivity contribution in [3.05, 3.63) is 113 Å². The van der Waals surface area contributed by atoms with Gasteiger partial charge in [-0.15, -0.1) is 0 Å². The molecule has 0 spiro atoms. The Morgan fingerprint density at radius 1 is 0.879 bits per heavy atom. The first kappa shape index (κ1) is 23.0. The van der Waals surface area contributed by atoms with Crippen LogP contribution < -0.4 is 15.4 Å². The molecule has 0 bridgehead atoms. The first-order chi connectivity index (χ1) is 16.0. The average molecular weight is 442 g/mol. The maximum atomic E-state index is 13.0. The standard InChI is InChI=1S/C26H22N2O5/c1-33-23-16-15-20(26(31)32)17-22(23)28-25(30)21(14-8-11-18-9-4-2-5-10-18)27-24(29)19-12-6-3-7-13-19/h2-17H,1H3,(H,27,29)(H,28,30)(H,31,32)/b11-8+,21-14-. The fourth-order valence-corrected chi connectivity index (χ4v) is 2.91. The summed E-state index contributed by atoms with van der Waals surface area (Å²) in [5.41, 5.74) is 1.41. The molecule has 0 aliphatic heterocycles. The molecule has 3 rings (SSSR count). The second kappa shape index (κ2) is 11.1. The third-order valence-corrected chi connectivity index (χ3v) is 4.57. The number of carbonyl (C=O) groups is 3. The Labute approximate surface area is 191 Å². The summed E-state index contributed by atoms with van der Waals surface area (Å²) in [5.74, 6) is -1.97. The third kappa shape index (κ3) is 6.41. The number of anilines is 1. The maximum absolute atomic E-state index is 13.0. The van der Waals surface area contributed by atoms with Crippen LogP contribution in [0.5, 0.6) is 5.75 Å². The molecular formula is C26H22N2O5. The van der Waals surface area contributed by atoms with E-state index in [4.69, 9.17) is 4.74 Å². The number of carboxylic acids is 1. The molecule has 0 saturated heterocycles. The van der Waals surface area contributed by atoms with Gasteiger partial charge >= 0.3 is 5.97 Å². The summed E-state index contributed by atoms with van der Waals surface area (Å²) < 4.78 is 5.22. The molecule has 0 atom stereocenters. The van der Waals surface area contributed by atoms with Gasteiger partial charge in [-0.3, -0.25) is 9.59 Å². The zero-order valence-corrected chi connectivity index (χ0v) is 17.8. The first-order valence-electron chi connectivity index (χ1n) is 10.0. The minimum absolute atomic E-state index is 0.0195. The summed E-state index contributed by atoms with van der Waals surface area (Å²) in [4.78, 5) is 37.0. The molecule has 3 N–H and O–H groups in total. The smallest absolute Gasteiger partial charge is 0.335 e. The minimum atomic E-state index is -1.15. The first-order valence-corrected chi connectivity index (χ1v) is 10.0. The van der Waals surface area contributed by atoms with Crippen molar-refractivity contribution in [3.8, 4) is 5.75 Å². The van der Waals surface area contributed by atoms with Crippen molar-refractivity contribution >= 4 is 29.5 Å². The van der Waals surface area contributed by atoms with Gasteiger partial charge in [0.1, 0.15) is 11.4 Å². The highest BCUT2D eigenvalue weighted by Gasteiger charge is 2.17. The van der Waals surface area contributed by atoms with Gasteiger partial charge in [0.25, 0.3) is 11.8 Å². The number of amides is 2. The number of allylic oxidation sites excluding steroid dienone is 2. The van der Waals surface area contributed by atoms with E-state index in [-0.39, 0.29) is 22.7 Å². The maximum Gasteiger partial charge on any atom is 0.335 e. The highest BCUT2D eigenvalue weighted by Crippen LogP contribution is 2.26.